The van der Waals surface area contributed by atoms with Gasteiger partial charge in [-0.25, -0.2) is 4.68 Å². The highest BCUT2D eigenvalue weighted by atomic mass is 32.2. The largest absolute Gasteiger partial charge is 0.486 e. The fraction of sp³-hybridized carbons (Fsp3) is 0.348. The Morgan fingerprint density at radius 1 is 1.12 bits per heavy atom. The molecule has 8 nitrogen and oxygen atoms in total. The lowest BCUT2D eigenvalue weighted by molar-refractivity contribution is -0.129. The van der Waals surface area contributed by atoms with Gasteiger partial charge in [-0.05, 0) is 37.5 Å². The molecule has 1 saturated heterocycles. The number of benzene rings is 2. The summed E-state index contributed by atoms with van der Waals surface area (Å²) in [5.74, 6) is 8.63. The fourth-order valence-corrected chi connectivity index (χ4v) is 4.91. The average Bonchev–Trinajstić information content (AvgIpc) is 3.45. The molecule has 32 heavy (non-hydrogen) atoms. The molecule has 5 rings (SSSR count). The lowest BCUT2D eigenvalue weighted by Crippen LogP contribution is -2.32. The molecule has 3 heterocycles. The first-order valence-electron chi connectivity index (χ1n) is 10.7. The molecule has 0 aliphatic carbocycles. The summed E-state index contributed by atoms with van der Waals surface area (Å²) in [5.41, 5.74) is 3.13. The Morgan fingerprint density at radius 3 is 2.72 bits per heavy atom. The van der Waals surface area contributed by atoms with Crippen LogP contribution in [0.3, 0.4) is 0 Å². The molecular weight excluding hydrogens is 426 g/mol. The number of hydrogen-bond acceptors (Lipinski definition) is 7. The molecule has 0 saturated carbocycles. The molecule has 2 aliphatic heterocycles. The summed E-state index contributed by atoms with van der Waals surface area (Å²) in [6.07, 6.45) is 1.90. The maximum Gasteiger partial charge on any atom is 0.233 e. The number of aryl methyl sites for hydroxylation is 1. The number of ether oxygens (including phenoxy) is 2. The summed E-state index contributed by atoms with van der Waals surface area (Å²) in [6.45, 7) is 3.88. The van der Waals surface area contributed by atoms with E-state index in [4.69, 9.17) is 15.3 Å². The van der Waals surface area contributed by atoms with Crippen molar-refractivity contribution in [2.45, 2.75) is 31.0 Å². The molecule has 1 amide bonds. The van der Waals surface area contributed by atoms with Gasteiger partial charge in [-0.15, -0.1) is 10.2 Å². The molecule has 0 spiro atoms. The van der Waals surface area contributed by atoms with Crippen molar-refractivity contribution < 1.29 is 14.3 Å². The fourth-order valence-electron chi connectivity index (χ4n) is 4.16. The molecule has 1 aromatic heterocycles. The van der Waals surface area contributed by atoms with Crippen LogP contribution in [0, 0.1) is 6.92 Å². The van der Waals surface area contributed by atoms with Gasteiger partial charge >= 0.3 is 0 Å². The Hall–Kier alpha value is -3.20. The molecular formula is C23H25N5O3S. The van der Waals surface area contributed by atoms with E-state index in [9.17, 15) is 4.79 Å². The van der Waals surface area contributed by atoms with Crippen LogP contribution in [-0.2, 0) is 4.79 Å². The lowest BCUT2D eigenvalue weighted by atomic mass is 10.0. The number of aromatic nitrogens is 3. The number of thioether (sulfide) groups is 1. The van der Waals surface area contributed by atoms with Gasteiger partial charge in [0.15, 0.2) is 17.3 Å². The van der Waals surface area contributed by atoms with Gasteiger partial charge in [0.25, 0.3) is 0 Å². The van der Waals surface area contributed by atoms with Crippen molar-refractivity contribution in [3.05, 3.63) is 53.6 Å². The first-order chi connectivity index (χ1) is 15.6. The monoisotopic (exact) mass is 451 g/mol. The molecule has 1 fully saturated rings. The van der Waals surface area contributed by atoms with Crippen LogP contribution in [0.1, 0.15) is 30.0 Å². The van der Waals surface area contributed by atoms with E-state index < -0.39 is 0 Å². The Morgan fingerprint density at radius 2 is 1.91 bits per heavy atom. The number of hydrogen-bond donors (Lipinski definition) is 1. The van der Waals surface area contributed by atoms with Gasteiger partial charge in [-0.2, -0.15) is 0 Å². The van der Waals surface area contributed by atoms with E-state index in [1.54, 1.807) is 0 Å². The van der Waals surface area contributed by atoms with Gasteiger partial charge in [0, 0.05) is 12.1 Å². The van der Waals surface area contributed by atoms with E-state index in [0.29, 0.717) is 24.2 Å². The first kappa shape index (κ1) is 20.7. The van der Waals surface area contributed by atoms with Crippen LogP contribution in [0.5, 0.6) is 11.5 Å². The average molecular weight is 452 g/mol. The second-order valence-electron chi connectivity index (χ2n) is 7.98. The number of amides is 1. The van der Waals surface area contributed by atoms with Crippen molar-refractivity contribution in [1.29, 1.82) is 0 Å². The number of likely N-dealkylation sites (tertiary alicyclic amines) is 1. The highest BCUT2D eigenvalue weighted by molar-refractivity contribution is 7.99. The Balaban J connectivity index is 1.26. The van der Waals surface area contributed by atoms with Gasteiger partial charge in [-0.3, -0.25) is 4.79 Å². The third-order valence-electron chi connectivity index (χ3n) is 5.82. The number of carbonyl (C=O) groups is 1. The Kier molecular flexibility index (Phi) is 5.65. The van der Waals surface area contributed by atoms with Crippen LogP contribution in [0.4, 0.5) is 0 Å². The van der Waals surface area contributed by atoms with Crippen molar-refractivity contribution in [1.82, 2.24) is 19.8 Å². The predicted octanol–water partition coefficient (Wildman–Crippen LogP) is 3.19. The summed E-state index contributed by atoms with van der Waals surface area (Å²) in [7, 11) is 0. The van der Waals surface area contributed by atoms with Crippen molar-refractivity contribution in [2.75, 3.05) is 31.4 Å². The number of nitrogens with two attached hydrogens (primary N) is 1. The zero-order valence-electron chi connectivity index (χ0n) is 17.9. The molecule has 2 aromatic carbocycles. The summed E-state index contributed by atoms with van der Waals surface area (Å²) in [6, 6.07) is 13.9. The van der Waals surface area contributed by atoms with Crippen LogP contribution in [-0.4, -0.2) is 51.2 Å². The summed E-state index contributed by atoms with van der Waals surface area (Å²) < 4.78 is 12.8. The number of rotatable bonds is 5. The Labute approximate surface area is 190 Å². The van der Waals surface area contributed by atoms with Crippen LogP contribution >= 0.6 is 11.8 Å². The van der Waals surface area contributed by atoms with Gasteiger partial charge in [0.2, 0.25) is 11.1 Å². The SMILES string of the molecule is Cc1ccc(-c2nnc(SCC(=O)N3CCCC3c3ccc4c(c3)OCCO4)n2N)cc1. The van der Waals surface area contributed by atoms with Crippen molar-refractivity contribution in [3.63, 3.8) is 0 Å². The van der Waals surface area contributed by atoms with Crippen LogP contribution in [0.15, 0.2) is 47.6 Å². The minimum Gasteiger partial charge on any atom is -0.486 e. The Bertz CT molecular complexity index is 1130. The predicted molar refractivity (Wildman–Crippen MR) is 122 cm³/mol. The smallest absolute Gasteiger partial charge is 0.233 e. The van der Waals surface area contributed by atoms with E-state index in [2.05, 4.69) is 10.2 Å². The number of nitrogen functional groups attached to an aromatic ring is 1. The molecule has 0 radical (unpaired) electrons. The topological polar surface area (TPSA) is 95.5 Å². The summed E-state index contributed by atoms with van der Waals surface area (Å²) >= 11 is 1.31. The highest BCUT2D eigenvalue weighted by Crippen LogP contribution is 2.38. The van der Waals surface area contributed by atoms with Crippen molar-refractivity contribution in [3.8, 4) is 22.9 Å². The van der Waals surface area contributed by atoms with Gasteiger partial charge in [-0.1, -0.05) is 47.7 Å². The molecule has 166 valence electrons. The van der Waals surface area contributed by atoms with E-state index in [0.717, 1.165) is 47.6 Å². The first-order valence-corrected chi connectivity index (χ1v) is 11.7. The standard InChI is InChI=1S/C23H25N5O3S/c1-15-4-6-16(7-5-15)22-25-26-23(28(22)24)32-14-21(29)27-10-2-3-18(27)17-8-9-19-20(13-17)31-12-11-30-19/h4-9,13,18H,2-3,10-12,14,24H2,1H3. The highest BCUT2D eigenvalue weighted by Gasteiger charge is 2.31. The quantitative estimate of drug-likeness (QED) is 0.470. The zero-order chi connectivity index (χ0) is 22.1. The van der Waals surface area contributed by atoms with Crippen LogP contribution < -0.4 is 15.3 Å². The molecule has 1 atom stereocenters. The molecule has 9 heteroatoms. The van der Waals surface area contributed by atoms with E-state index in [1.165, 1.54) is 16.4 Å². The lowest BCUT2D eigenvalue weighted by Gasteiger charge is -2.26. The number of nitrogens with zero attached hydrogens (tertiary/aromatic N) is 4. The normalized spacial score (nSPS) is 17.5. The third kappa shape index (κ3) is 4.00. The second-order valence-corrected chi connectivity index (χ2v) is 8.92. The van der Waals surface area contributed by atoms with Crippen LogP contribution in [0.25, 0.3) is 11.4 Å². The van der Waals surface area contributed by atoms with Gasteiger partial charge < -0.3 is 20.2 Å². The van der Waals surface area contributed by atoms with Crippen molar-refractivity contribution in [2.24, 2.45) is 0 Å². The maximum atomic E-state index is 13.1. The molecule has 2 aliphatic rings. The third-order valence-corrected chi connectivity index (χ3v) is 6.75. The molecule has 3 aromatic rings. The minimum absolute atomic E-state index is 0.0396. The van der Waals surface area contributed by atoms with Crippen molar-refractivity contribution >= 4 is 17.7 Å². The minimum atomic E-state index is 0.0396. The molecule has 2 N–H and O–H groups in total. The van der Waals surface area contributed by atoms with E-state index in [-0.39, 0.29) is 17.7 Å². The van der Waals surface area contributed by atoms with Crippen LogP contribution in [0.2, 0.25) is 0 Å². The van der Waals surface area contributed by atoms with Gasteiger partial charge in [0.1, 0.15) is 13.2 Å². The molecule has 1 unspecified atom stereocenters. The van der Waals surface area contributed by atoms with Gasteiger partial charge in [0.05, 0.1) is 11.8 Å². The maximum absolute atomic E-state index is 13.1. The number of carbonyl (C=O) groups excluding carboxylic acids is 1. The molecule has 0 bridgehead atoms. The van der Waals surface area contributed by atoms with E-state index in [1.807, 2.05) is 54.3 Å². The zero-order valence-corrected chi connectivity index (χ0v) is 18.7. The number of fused-ring (bicyclic) bond motifs is 1. The summed E-state index contributed by atoms with van der Waals surface area (Å²) in [4.78, 5) is 15.0. The van der Waals surface area contributed by atoms with E-state index >= 15 is 0 Å². The second kappa shape index (κ2) is 8.74. The summed E-state index contributed by atoms with van der Waals surface area (Å²) in [5, 5.41) is 8.92.